The molecule has 0 aliphatic carbocycles. The molecule has 0 unspecified atom stereocenters. The third-order valence-electron chi connectivity index (χ3n) is 2.81. The Balaban J connectivity index is 0.00000242. The number of carboxylic acids is 2. The quantitative estimate of drug-likeness (QED) is 0.445. The number of rotatable bonds is 4. The number of carboxylic acid groups (broad SMARTS) is 2. The van der Waals surface area contributed by atoms with E-state index in [1.807, 2.05) is 9.97 Å². The van der Waals surface area contributed by atoms with Gasteiger partial charge in [-0.2, -0.15) is 0 Å². The van der Waals surface area contributed by atoms with Gasteiger partial charge in [0, 0.05) is 6.42 Å². The monoisotopic (exact) mass is 330 g/mol. The molecular formula is C13H11KN2O6. The van der Waals surface area contributed by atoms with E-state index in [1.165, 1.54) is 18.2 Å². The Morgan fingerprint density at radius 1 is 1.09 bits per heavy atom. The summed E-state index contributed by atoms with van der Waals surface area (Å²) in [6.07, 6.45) is -0.116. The van der Waals surface area contributed by atoms with Crippen LogP contribution in [0.25, 0.3) is 0 Å². The zero-order valence-electron chi connectivity index (χ0n) is 12.5. The third kappa shape index (κ3) is 4.24. The Bertz CT molecular complexity index is 845. The molecule has 0 bridgehead atoms. The average molecular weight is 330 g/mol. The van der Waals surface area contributed by atoms with E-state index in [-0.39, 0.29) is 70.4 Å². The van der Waals surface area contributed by atoms with Crippen molar-refractivity contribution < 1.29 is 72.6 Å². The molecule has 0 amide bonds. The van der Waals surface area contributed by atoms with E-state index in [0.29, 0.717) is 5.56 Å². The molecule has 1 aromatic carbocycles. The minimum atomic E-state index is -1.44. The van der Waals surface area contributed by atoms with Crippen LogP contribution in [0.15, 0.2) is 33.9 Å². The molecule has 0 saturated carbocycles. The molecular weight excluding hydrogens is 319 g/mol. The van der Waals surface area contributed by atoms with Crippen LogP contribution >= 0.6 is 0 Å². The predicted octanol–water partition coefficient (Wildman–Crippen LogP) is -2.83. The van der Waals surface area contributed by atoms with Crippen molar-refractivity contribution in [3.8, 4) is 0 Å². The first-order valence-corrected chi connectivity index (χ1v) is 5.79. The van der Waals surface area contributed by atoms with E-state index in [2.05, 4.69) is 0 Å². The van der Waals surface area contributed by atoms with Crippen LogP contribution in [-0.2, 0) is 6.42 Å². The summed E-state index contributed by atoms with van der Waals surface area (Å²) in [4.78, 5) is 48.8. The number of aromatic carboxylic acids is 2. The maximum atomic E-state index is 11.7. The molecule has 2 rings (SSSR count). The fourth-order valence-corrected chi connectivity index (χ4v) is 1.88. The van der Waals surface area contributed by atoms with Gasteiger partial charge >= 0.3 is 69.0 Å². The fourth-order valence-electron chi connectivity index (χ4n) is 1.88. The summed E-state index contributed by atoms with van der Waals surface area (Å²) in [5.41, 5.74) is -1.94. The summed E-state index contributed by atoms with van der Waals surface area (Å²) < 4.78 is 0. The minimum absolute atomic E-state index is 0. The standard InChI is InChI=1S/C13H10N2O6.K.H/c16-10-8(9(12(19)20)14-13(21)15-10)5-6-2-1-3-7(4-6)11(17)18;;/h1-4H,5H2,(H,17,18)(H,19,20)(H2,14,15,16,21);;/q;+1;-1. The molecule has 22 heavy (non-hydrogen) atoms. The van der Waals surface area contributed by atoms with Crippen LogP contribution in [0.4, 0.5) is 0 Å². The maximum Gasteiger partial charge on any atom is 1.00 e. The van der Waals surface area contributed by atoms with E-state index >= 15 is 0 Å². The van der Waals surface area contributed by atoms with E-state index in [9.17, 15) is 19.2 Å². The summed E-state index contributed by atoms with van der Waals surface area (Å²) in [7, 11) is 0. The van der Waals surface area contributed by atoms with Gasteiger partial charge in [0.1, 0.15) is 5.69 Å². The van der Waals surface area contributed by atoms with Gasteiger partial charge in [0.25, 0.3) is 5.56 Å². The molecule has 110 valence electrons. The summed E-state index contributed by atoms with van der Waals surface area (Å²) in [5.74, 6) is -2.58. The van der Waals surface area contributed by atoms with Crippen molar-refractivity contribution in [2.24, 2.45) is 0 Å². The Kier molecular flexibility index (Phi) is 6.44. The van der Waals surface area contributed by atoms with Gasteiger partial charge in [0.15, 0.2) is 0 Å². The average Bonchev–Trinajstić information content (AvgIpc) is 2.41. The number of nitrogens with one attached hydrogen (secondary N) is 2. The van der Waals surface area contributed by atoms with Crippen molar-refractivity contribution in [1.82, 2.24) is 9.97 Å². The zero-order valence-corrected chi connectivity index (χ0v) is 14.7. The van der Waals surface area contributed by atoms with Crippen LogP contribution in [0.1, 0.15) is 33.4 Å². The Morgan fingerprint density at radius 2 is 1.77 bits per heavy atom. The first kappa shape index (κ1) is 18.5. The van der Waals surface area contributed by atoms with Crippen LogP contribution in [0.3, 0.4) is 0 Å². The van der Waals surface area contributed by atoms with Gasteiger partial charge in [0.2, 0.25) is 0 Å². The summed E-state index contributed by atoms with van der Waals surface area (Å²) in [5, 5.41) is 17.9. The molecule has 0 spiro atoms. The Hall–Kier alpha value is -1.52. The predicted molar refractivity (Wildman–Crippen MR) is 72.0 cm³/mol. The number of benzene rings is 1. The van der Waals surface area contributed by atoms with Crippen molar-refractivity contribution in [3.63, 3.8) is 0 Å². The van der Waals surface area contributed by atoms with E-state index in [1.54, 1.807) is 6.07 Å². The Labute approximate surface area is 167 Å². The van der Waals surface area contributed by atoms with Crippen molar-refractivity contribution in [2.45, 2.75) is 6.42 Å². The fraction of sp³-hybridized carbons (Fsp3) is 0.0769. The third-order valence-corrected chi connectivity index (χ3v) is 2.81. The van der Waals surface area contributed by atoms with Gasteiger partial charge in [-0.1, -0.05) is 12.1 Å². The van der Waals surface area contributed by atoms with E-state index in [0.717, 1.165) is 0 Å². The number of hydrogen-bond donors (Lipinski definition) is 4. The molecule has 0 fully saturated rings. The minimum Gasteiger partial charge on any atom is -1.00 e. The molecule has 8 nitrogen and oxygen atoms in total. The summed E-state index contributed by atoms with van der Waals surface area (Å²) in [6, 6.07) is 5.75. The van der Waals surface area contributed by atoms with Crippen molar-refractivity contribution in [2.75, 3.05) is 0 Å². The Morgan fingerprint density at radius 3 is 2.36 bits per heavy atom. The normalized spacial score (nSPS) is 9.82. The largest absolute Gasteiger partial charge is 1.00 e. The zero-order chi connectivity index (χ0) is 15.6. The SMILES string of the molecule is O=C(O)c1cccc(Cc2c(C(=O)O)[nH]c(=O)[nH]c2=O)c1.[H-].[K+]. The number of aromatic amines is 2. The van der Waals surface area contributed by atoms with Gasteiger partial charge in [-0.15, -0.1) is 0 Å². The van der Waals surface area contributed by atoms with E-state index < -0.39 is 28.9 Å². The molecule has 9 heteroatoms. The second-order valence-electron chi connectivity index (χ2n) is 4.25. The number of carbonyl (C=O) groups is 2. The topological polar surface area (TPSA) is 140 Å². The van der Waals surface area contributed by atoms with Crippen LogP contribution in [0, 0.1) is 0 Å². The molecule has 0 radical (unpaired) electrons. The second kappa shape index (κ2) is 7.65. The number of H-pyrrole nitrogens is 2. The molecule has 1 heterocycles. The molecule has 0 aliphatic rings. The molecule has 1 aromatic heterocycles. The van der Waals surface area contributed by atoms with Crippen LogP contribution in [0.2, 0.25) is 0 Å². The second-order valence-corrected chi connectivity index (χ2v) is 4.25. The van der Waals surface area contributed by atoms with Gasteiger partial charge in [-0.05, 0) is 17.7 Å². The van der Waals surface area contributed by atoms with Gasteiger partial charge in [-0.25, -0.2) is 14.4 Å². The van der Waals surface area contributed by atoms with Crippen LogP contribution < -0.4 is 62.6 Å². The molecule has 0 saturated heterocycles. The van der Waals surface area contributed by atoms with Gasteiger partial charge < -0.3 is 16.6 Å². The van der Waals surface area contributed by atoms with Crippen LogP contribution in [-0.4, -0.2) is 32.1 Å². The van der Waals surface area contributed by atoms with Crippen molar-refractivity contribution in [1.29, 1.82) is 0 Å². The first-order chi connectivity index (χ1) is 9.88. The first-order valence-electron chi connectivity index (χ1n) is 5.79. The summed E-state index contributed by atoms with van der Waals surface area (Å²) >= 11 is 0. The van der Waals surface area contributed by atoms with E-state index in [4.69, 9.17) is 10.2 Å². The number of hydrogen-bond acceptors (Lipinski definition) is 4. The molecule has 0 atom stereocenters. The number of aromatic nitrogens is 2. The van der Waals surface area contributed by atoms with Crippen LogP contribution in [0.5, 0.6) is 0 Å². The molecule has 2 aromatic rings. The smallest absolute Gasteiger partial charge is 1.00 e. The van der Waals surface area contributed by atoms with Gasteiger partial charge in [0.05, 0.1) is 11.1 Å². The van der Waals surface area contributed by atoms with Crippen molar-refractivity contribution >= 4 is 11.9 Å². The maximum absolute atomic E-state index is 11.7. The van der Waals surface area contributed by atoms with Gasteiger partial charge in [-0.3, -0.25) is 9.78 Å². The van der Waals surface area contributed by atoms with Crippen molar-refractivity contribution in [3.05, 3.63) is 67.5 Å². The molecule has 4 N–H and O–H groups in total. The molecule has 0 aliphatic heterocycles. The summed E-state index contributed by atoms with van der Waals surface area (Å²) in [6.45, 7) is 0.